The second-order valence-corrected chi connectivity index (χ2v) is 9.50. The Hall–Kier alpha value is -1.58. The van der Waals surface area contributed by atoms with E-state index in [9.17, 15) is 4.79 Å². The van der Waals surface area contributed by atoms with Crippen molar-refractivity contribution in [1.29, 1.82) is 0 Å². The summed E-state index contributed by atoms with van der Waals surface area (Å²) in [5.41, 5.74) is 1.81. The second-order valence-electron chi connectivity index (χ2n) is 6.28. The lowest BCUT2D eigenvalue weighted by Crippen LogP contribution is -2.03. The highest BCUT2D eigenvalue weighted by Crippen LogP contribution is 2.45. The average molecular weight is 421 g/mol. The highest BCUT2D eigenvalue weighted by Gasteiger charge is 2.24. The molecule has 0 fully saturated rings. The van der Waals surface area contributed by atoms with Crippen LogP contribution in [0, 0.1) is 13.8 Å². The van der Waals surface area contributed by atoms with Crippen LogP contribution in [0.4, 0.5) is 0 Å². The number of aryl methyl sites for hydroxylation is 2. The summed E-state index contributed by atoms with van der Waals surface area (Å²) in [7, 11) is -0.472. The van der Waals surface area contributed by atoms with Gasteiger partial charge in [0.05, 0.1) is 10.8 Å². The van der Waals surface area contributed by atoms with Crippen molar-refractivity contribution in [1.82, 2.24) is 0 Å². The second kappa shape index (κ2) is 6.54. The van der Waals surface area contributed by atoms with Crippen LogP contribution in [-0.4, -0.2) is 0 Å². The minimum atomic E-state index is -0.472. The lowest BCUT2D eigenvalue weighted by atomic mass is 10.1. The third-order valence-corrected chi connectivity index (χ3v) is 7.87. The summed E-state index contributed by atoms with van der Waals surface area (Å²) in [6.07, 6.45) is 0. The van der Waals surface area contributed by atoms with Crippen LogP contribution in [0.3, 0.4) is 0 Å². The van der Waals surface area contributed by atoms with Gasteiger partial charge in [-0.15, -0.1) is 0 Å². The molecule has 0 amide bonds. The molecule has 130 valence electrons. The zero-order valence-electron chi connectivity index (χ0n) is 14.1. The van der Waals surface area contributed by atoms with Gasteiger partial charge in [0.1, 0.15) is 0 Å². The molecule has 1 aromatic heterocycles. The van der Waals surface area contributed by atoms with Gasteiger partial charge in [-0.05, 0) is 61.4 Å². The van der Waals surface area contributed by atoms with E-state index in [0.29, 0.717) is 25.8 Å². The van der Waals surface area contributed by atoms with Crippen molar-refractivity contribution in [2.45, 2.75) is 13.8 Å². The SMILES string of the molecule is Cc1cc2c(=O)c3cc(C)c(Cl)cc3[s+](-c3ccc(Cl)cc3)c2cc1Cl. The molecule has 26 heavy (non-hydrogen) atoms. The molecule has 3 aromatic carbocycles. The molecule has 0 unspecified atom stereocenters. The molecule has 0 spiro atoms. The van der Waals surface area contributed by atoms with Gasteiger partial charge < -0.3 is 0 Å². The summed E-state index contributed by atoms with van der Waals surface area (Å²) in [5.74, 6) is 0. The first-order chi connectivity index (χ1) is 12.4. The third-order valence-electron chi connectivity index (χ3n) is 4.50. The Morgan fingerprint density at radius 2 is 1.19 bits per heavy atom. The number of hydrogen-bond acceptors (Lipinski definition) is 1. The minimum absolute atomic E-state index is 0.0206. The van der Waals surface area contributed by atoms with Gasteiger partial charge in [0.25, 0.3) is 0 Å². The largest absolute Gasteiger partial charge is 0.288 e. The Labute approximate surface area is 168 Å². The van der Waals surface area contributed by atoms with E-state index in [1.54, 1.807) is 0 Å². The van der Waals surface area contributed by atoms with Gasteiger partial charge in [-0.3, -0.25) is 4.79 Å². The van der Waals surface area contributed by atoms with E-state index in [-0.39, 0.29) is 5.43 Å². The van der Waals surface area contributed by atoms with Crippen LogP contribution in [0.15, 0.2) is 53.3 Å². The van der Waals surface area contributed by atoms with Crippen molar-refractivity contribution in [2.24, 2.45) is 0 Å². The Morgan fingerprint density at radius 3 is 1.65 bits per heavy atom. The number of hydrogen-bond donors (Lipinski definition) is 0. The van der Waals surface area contributed by atoms with Gasteiger partial charge >= 0.3 is 0 Å². The molecule has 0 saturated heterocycles. The van der Waals surface area contributed by atoms with Gasteiger partial charge in [0, 0.05) is 37.7 Å². The van der Waals surface area contributed by atoms with Crippen molar-refractivity contribution < 1.29 is 0 Å². The van der Waals surface area contributed by atoms with Crippen molar-refractivity contribution >= 4 is 65.4 Å². The molecular weight excluding hydrogens is 407 g/mol. The molecule has 4 rings (SSSR count). The maximum Gasteiger partial charge on any atom is 0.204 e. The highest BCUT2D eigenvalue weighted by molar-refractivity contribution is 7.49. The smallest absolute Gasteiger partial charge is 0.204 e. The fourth-order valence-corrected chi connectivity index (χ4v) is 6.06. The summed E-state index contributed by atoms with van der Waals surface area (Å²) < 4.78 is 1.86. The molecule has 4 aromatic rings. The maximum absolute atomic E-state index is 13.2. The summed E-state index contributed by atoms with van der Waals surface area (Å²) >= 11 is 18.9. The van der Waals surface area contributed by atoms with E-state index >= 15 is 0 Å². The summed E-state index contributed by atoms with van der Waals surface area (Å²) in [6.45, 7) is 3.83. The van der Waals surface area contributed by atoms with Gasteiger partial charge in [-0.1, -0.05) is 34.8 Å². The van der Waals surface area contributed by atoms with Crippen molar-refractivity contribution in [3.8, 4) is 4.90 Å². The Balaban J connectivity index is 2.29. The van der Waals surface area contributed by atoms with E-state index in [4.69, 9.17) is 34.8 Å². The van der Waals surface area contributed by atoms with Crippen LogP contribution in [0.2, 0.25) is 15.1 Å². The first-order valence-corrected chi connectivity index (χ1v) is 10.4. The molecule has 0 saturated carbocycles. The lowest BCUT2D eigenvalue weighted by molar-refractivity contribution is 1.49. The standard InChI is InChI=1S/C21H14Cl3OS/c1-11-7-15-19(9-17(11)23)26(14-5-3-13(22)4-6-14)20-10-18(24)12(2)8-16(20)21(15)25/h3-10H,1-2H3/q+1. The topological polar surface area (TPSA) is 17.1 Å². The lowest BCUT2D eigenvalue weighted by Gasteiger charge is -2.07. The molecule has 0 radical (unpaired) electrons. The van der Waals surface area contributed by atoms with E-state index in [1.165, 1.54) is 0 Å². The van der Waals surface area contributed by atoms with Crippen LogP contribution in [0.5, 0.6) is 0 Å². The average Bonchev–Trinajstić information content (AvgIpc) is 2.61. The monoisotopic (exact) mass is 419 g/mol. The molecule has 1 nitrogen and oxygen atoms in total. The van der Waals surface area contributed by atoms with Crippen molar-refractivity contribution in [3.63, 3.8) is 0 Å². The molecule has 0 aliphatic carbocycles. The predicted octanol–water partition coefficient (Wildman–Crippen LogP) is 7.67. The van der Waals surface area contributed by atoms with Gasteiger partial charge in [0.2, 0.25) is 5.43 Å². The minimum Gasteiger partial charge on any atom is -0.288 e. The maximum atomic E-state index is 13.2. The zero-order chi connectivity index (χ0) is 18.6. The number of fused-ring (bicyclic) bond motifs is 2. The molecule has 1 heterocycles. The zero-order valence-corrected chi connectivity index (χ0v) is 17.2. The highest BCUT2D eigenvalue weighted by atomic mass is 35.5. The number of rotatable bonds is 1. The number of halogens is 3. The van der Waals surface area contributed by atoms with E-state index in [1.807, 2.05) is 62.4 Å². The Bertz CT molecular complexity index is 1170. The van der Waals surface area contributed by atoms with Crippen molar-refractivity contribution in [2.75, 3.05) is 0 Å². The van der Waals surface area contributed by atoms with Crippen LogP contribution >= 0.6 is 45.3 Å². The molecule has 0 aliphatic heterocycles. The Kier molecular flexibility index (Phi) is 4.48. The third kappa shape index (κ3) is 2.82. The summed E-state index contributed by atoms with van der Waals surface area (Å²) in [6, 6.07) is 15.3. The normalized spacial score (nSPS) is 11.4. The first kappa shape index (κ1) is 17.8. The van der Waals surface area contributed by atoms with Crippen LogP contribution in [-0.2, 0) is 0 Å². The van der Waals surface area contributed by atoms with E-state index < -0.39 is 10.5 Å². The van der Waals surface area contributed by atoms with Crippen LogP contribution < -0.4 is 5.43 Å². The number of benzene rings is 3. The molecular formula is C21H14Cl3OS+. The molecule has 5 heteroatoms. The van der Waals surface area contributed by atoms with E-state index in [0.717, 1.165) is 25.4 Å². The van der Waals surface area contributed by atoms with E-state index in [2.05, 4.69) is 0 Å². The molecule has 0 atom stereocenters. The fourth-order valence-electron chi connectivity index (χ4n) is 3.11. The van der Waals surface area contributed by atoms with Gasteiger partial charge in [0.15, 0.2) is 14.3 Å². The predicted molar refractivity (Wildman–Crippen MR) is 116 cm³/mol. The van der Waals surface area contributed by atoms with Crippen molar-refractivity contribution in [3.05, 3.63) is 84.9 Å². The Morgan fingerprint density at radius 1 is 0.731 bits per heavy atom. The summed E-state index contributed by atoms with van der Waals surface area (Å²) in [4.78, 5) is 14.2. The molecule has 0 N–H and O–H groups in total. The quantitative estimate of drug-likeness (QED) is 0.228. The molecule has 0 aliphatic rings. The van der Waals surface area contributed by atoms with Gasteiger partial charge in [-0.25, -0.2) is 0 Å². The van der Waals surface area contributed by atoms with Gasteiger partial charge in [-0.2, -0.15) is 0 Å². The fraction of sp³-hybridized carbons (Fsp3) is 0.0952. The van der Waals surface area contributed by atoms with Crippen LogP contribution in [0.25, 0.3) is 25.1 Å². The van der Waals surface area contributed by atoms with Crippen LogP contribution in [0.1, 0.15) is 11.1 Å². The summed E-state index contributed by atoms with van der Waals surface area (Å²) in [5, 5.41) is 3.41. The first-order valence-electron chi connectivity index (χ1n) is 8.01. The molecule has 0 bridgehead atoms.